The molecule has 1 unspecified atom stereocenters. The highest BCUT2D eigenvalue weighted by molar-refractivity contribution is 7.71. The van der Waals surface area contributed by atoms with E-state index < -0.39 is 0 Å². The molecule has 122 valence electrons. The lowest BCUT2D eigenvalue weighted by Gasteiger charge is -2.25. The summed E-state index contributed by atoms with van der Waals surface area (Å²) in [7, 11) is 1.79. The fourth-order valence-electron chi connectivity index (χ4n) is 2.51. The Morgan fingerprint density at radius 2 is 1.91 bits per heavy atom. The van der Waals surface area contributed by atoms with Crippen LogP contribution in [-0.4, -0.2) is 27.8 Å². The maximum Gasteiger partial charge on any atom is 0.255 e. The molecule has 6 heteroatoms. The Morgan fingerprint density at radius 1 is 1.26 bits per heavy atom. The van der Waals surface area contributed by atoms with Crippen molar-refractivity contribution in [3.8, 4) is 0 Å². The van der Waals surface area contributed by atoms with Gasteiger partial charge in [0.25, 0.3) is 5.56 Å². The summed E-state index contributed by atoms with van der Waals surface area (Å²) in [5.74, 6) is 0.00241. The van der Waals surface area contributed by atoms with Crippen LogP contribution in [0.1, 0.15) is 36.2 Å². The first-order valence-corrected chi connectivity index (χ1v) is 7.93. The van der Waals surface area contributed by atoms with Gasteiger partial charge in [-0.05, 0) is 38.0 Å². The van der Waals surface area contributed by atoms with E-state index in [0.717, 1.165) is 5.56 Å². The largest absolute Gasteiger partial charge is 0.339 e. The topological polar surface area (TPSA) is 69.0 Å². The molecule has 0 aliphatic heterocycles. The van der Waals surface area contributed by atoms with Crippen molar-refractivity contribution in [1.82, 2.24) is 14.9 Å². The maximum atomic E-state index is 12.4. The van der Waals surface area contributed by atoms with Crippen LogP contribution in [-0.2, 0) is 11.2 Å². The number of aromatic nitrogens is 2. The Morgan fingerprint density at radius 3 is 2.52 bits per heavy atom. The summed E-state index contributed by atoms with van der Waals surface area (Å²) >= 11 is 4.93. The number of amides is 1. The molecule has 0 saturated heterocycles. The highest BCUT2D eigenvalue weighted by atomic mass is 32.1. The Hall–Kier alpha value is -2.21. The van der Waals surface area contributed by atoms with Gasteiger partial charge in [-0.3, -0.25) is 14.6 Å². The fraction of sp³-hybridized carbons (Fsp3) is 0.353. The molecule has 2 aromatic rings. The molecule has 0 aliphatic rings. The highest BCUT2D eigenvalue weighted by Crippen LogP contribution is 2.19. The summed E-state index contributed by atoms with van der Waals surface area (Å²) in [6, 6.07) is 9.86. The third-order valence-electron chi connectivity index (χ3n) is 4.10. The lowest BCUT2D eigenvalue weighted by molar-refractivity contribution is -0.131. The Bertz CT molecular complexity index is 795. The van der Waals surface area contributed by atoms with Gasteiger partial charge in [-0.1, -0.05) is 30.3 Å². The normalized spacial score (nSPS) is 12.0. The number of benzene rings is 1. The third-order valence-corrected chi connectivity index (χ3v) is 4.30. The van der Waals surface area contributed by atoms with Gasteiger partial charge in [-0.2, -0.15) is 0 Å². The van der Waals surface area contributed by atoms with E-state index in [2.05, 4.69) is 9.97 Å². The van der Waals surface area contributed by atoms with E-state index in [-0.39, 0.29) is 23.9 Å². The van der Waals surface area contributed by atoms with E-state index in [0.29, 0.717) is 22.4 Å². The molecule has 1 heterocycles. The Balaban J connectivity index is 2.05. The molecular formula is C17H21N3O2S. The van der Waals surface area contributed by atoms with E-state index in [1.807, 2.05) is 37.3 Å². The van der Waals surface area contributed by atoms with Crippen molar-refractivity contribution in [3.63, 3.8) is 0 Å². The van der Waals surface area contributed by atoms with Gasteiger partial charge < -0.3 is 9.88 Å². The maximum absolute atomic E-state index is 12.4. The predicted molar refractivity (Wildman–Crippen MR) is 92.9 cm³/mol. The quantitative estimate of drug-likeness (QED) is 0.828. The summed E-state index contributed by atoms with van der Waals surface area (Å²) in [5.41, 5.74) is 2.15. The molecular weight excluding hydrogens is 310 g/mol. The van der Waals surface area contributed by atoms with Crippen LogP contribution in [0.4, 0.5) is 0 Å². The standard InChI is InChI=1S/C17H21N3O2S/c1-11-14(16(22)19-17(23)18-11)9-10-15(21)20(3)12(2)13-7-5-4-6-8-13/h4-8,12H,9-10H2,1-3H3,(H2,18,19,22,23). The van der Waals surface area contributed by atoms with Gasteiger partial charge in [0.1, 0.15) is 0 Å². The molecule has 1 atom stereocenters. The molecule has 5 nitrogen and oxygen atoms in total. The van der Waals surface area contributed by atoms with E-state index in [1.165, 1.54) is 0 Å². The summed E-state index contributed by atoms with van der Waals surface area (Å²) in [4.78, 5) is 31.5. The number of aromatic amines is 2. The molecule has 1 aromatic heterocycles. The average molecular weight is 331 g/mol. The second kappa shape index (κ2) is 7.37. The molecule has 0 saturated carbocycles. The number of H-pyrrole nitrogens is 2. The minimum atomic E-state index is -0.224. The molecule has 0 spiro atoms. The minimum absolute atomic E-state index is 0.00241. The summed E-state index contributed by atoms with van der Waals surface area (Å²) in [5, 5.41) is 0. The number of aryl methyl sites for hydroxylation is 1. The van der Waals surface area contributed by atoms with E-state index in [9.17, 15) is 9.59 Å². The third kappa shape index (κ3) is 4.16. The molecule has 0 bridgehead atoms. The van der Waals surface area contributed by atoms with Gasteiger partial charge in [-0.25, -0.2) is 0 Å². The van der Waals surface area contributed by atoms with Crippen LogP contribution in [0, 0.1) is 11.7 Å². The van der Waals surface area contributed by atoms with Gasteiger partial charge >= 0.3 is 0 Å². The number of hydrogen-bond acceptors (Lipinski definition) is 3. The van der Waals surface area contributed by atoms with E-state index in [4.69, 9.17) is 12.2 Å². The molecule has 23 heavy (non-hydrogen) atoms. The van der Waals surface area contributed by atoms with Crippen LogP contribution >= 0.6 is 12.2 Å². The first-order chi connectivity index (χ1) is 10.9. The van der Waals surface area contributed by atoms with Crippen LogP contribution in [0.3, 0.4) is 0 Å². The van der Waals surface area contributed by atoms with Crippen molar-refractivity contribution in [2.75, 3.05) is 7.05 Å². The average Bonchev–Trinajstić information content (AvgIpc) is 2.53. The number of nitrogens with one attached hydrogen (secondary N) is 2. The van der Waals surface area contributed by atoms with Crippen molar-refractivity contribution in [3.05, 3.63) is 62.3 Å². The zero-order chi connectivity index (χ0) is 17.0. The second-order valence-electron chi connectivity index (χ2n) is 5.60. The lowest BCUT2D eigenvalue weighted by atomic mass is 10.1. The first-order valence-electron chi connectivity index (χ1n) is 7.53. The van der Waals surface area contributed by atoms with Crippen molar-refractivity contribution < 1.29 is 4.79 Å². The smallest absolute Gasteiger partial charge is 0.255 e. The van der Waals surface area contributed by atoms with Crippen molar-refractivity contribution >= 4 is 18.1 Å². The molecule has 0 fully saturated rings. The number of carbonyl (C=O) groups is 1. The van der Waals surface area contributed by atoms with E-state index in [1.54, 1.807) is 18.9 Å². The lowest BCUT2D eigenvalue weighted by Crippen LogP contribution is -2.30. The van der Waals surface area contributed by atoms with Crippen LogP contribution in [0.2, 0.25) is 0 Å². The highest BCUT2D eigenvalue weighted by Gasteiger charge is 2.18. The number of nitrogens with zero attached hydrogens (tertiary/aromatic N) is 1. The monoisotopic (exact) mass is 331 g/mol. The SMILES string of the molecule is Cc1[nH]c(=S)[nH]c(=O)c1CCC(=O)N(C)C(C)c1ccccc1. The zero-order valence-corrected chi connectivity index (χ0v) is 14.4. The molecule has 0 aliphatic carbocycles. The van der Waals surface area contributed by atoms with Gasteiger partial charge in [0.05, 0.1) is 6.04 Å². The molecule has 2 N–H and O–H groups in total. The van der Waals surface area contributed by atoms with Gasteiger partial charge in [0.2, 0.25) is 5.91 Å². The number of rotatable bonds is 5. The Labute approximate surface area is 140 Å². The molecule has 2 rings (SSSR count). The van der Waals surface area contributed by atoms with Crippen LogP contribution in [0.25, 0.3) is 0 Å². The molecule has 1 aromatic carbocycles. The number of carbonyl (C=O) groups excluding carboxylic acids is 1. The Kier molecular flexibility index (Phi) is 5.50. The fourth-order valence-corrected chi connectivity index (χ4v) is 2.75. The zero-order valence-electron chi connectivity index (χ0n) is 13.6. The minimum Gasteiger partial charge on any atom is -0.339 e. The molecule has 1 amide bonds. The predicted octanol–water partition coefficient (Wildman–Crippen LogP) is 2.89. The van der Waals surface area contributed by atoms with E-state index >= 15 is 0 Å². The van der Waals surface area contributed by atoms with Gasteiger partial charge in [-0.15, -0.1) is 0 Å². The second-order valence-corrected chi connectivity index (χ2v) is 6.01. The van der Waals surface area contributed by atoms with Crippen molar-refractivity contribution in [1.29, 1.82) is 0 Å². The number of hydrogen-bond donors (Lipinski definition) is 2. The summed E-state index contributed by atoms with van der Waals surface area (Å²) in [6.07, 6.45) is 0.667. The van der Waals surface area contributed by atoms with Gasteiger partial charge in [0.15, 0.2) is 4.77 Å². The first kappa shape index (κ1) is 17.1. The van der Waals surface area contributed by atoms with Crippen LogP contribution in [0.5, 0.6) is 0 Å². The van der Waals surface area contributed by atoms with Gasteiger partial charge in [0, 0.05) is 24.7 Å². The molecule has 0 radical (unpaired) electrons. The van der Waals surface area contributed by atoms with Crippen LogP contribution in [0.15, 0.2) is 35.1 Å². The summed E-state index contributed by atoms with van der Waals surface area (Å²) < 4.78 is 0.303. The summed E-state index contributed by atoms with van der Waals surface area (Å²) in [6.45, 7) is 3.78. The van der Waals surface area contributed by atoms with Crippen molar-refractivity contribution in [2.45, 2.75) is 32.7 Å². The van der Waals surface area contributed by atoms with Crippen molar-refractivity contribution in [2.24, 2.45) is 0 Å². The van der Waals surface area contributed by atoms with Crippen LogP contribution < -0.4 is 5.56 Å².